The van der Waals surface area contributed by atoms with E-state index >= 15 is 0 Å². The molecule has 0 bridgehead atoms. The average molecular weight is 557 g/mol. The molecule has 0 unspecified atom stereocenters. The van der Waals surface area contributed by atoms with E-state index in [-0.39, 0.29) is 22.8 Å². The second kappa shape index (κ2) is 9.83. The first-order valence-electron chi connectivity index (χ1n) is 16.1. The van der Waals surface area contributed by atoms with Gasteiger partial charge in [0.25, 0.3) is 10.1 Å². The van der Waals surface area contributed by atoms with E-state index in [1.165, 1.54) is 51.4 Å². The Kier molecular flexibility index (Phi) is 7.12. The summed E-state index contributed by atoms with van der Waals surface area (Å²) in [6, 6.07) is 7.00. The molecule has 0 spiro atoms. The molecule has 5 saturated carbocycles. The van der Waals surface area contributed by atoms with Crippen LogP contribution in [0.3, 0.4) is 0 Å². The van der Waals surface area contributed by atoms with Crippen LogP contribution >= 0.6 is 0 Å². The Morgan fingerprint density at radius 3 is 2.36 bits per heavy atom. The molecule has 1 aromatic rings. The maximum Gasteiger partial charge on any atom is 0.296 e. The molecule has 4 nitrogen and oxygen atoms in total. The molecule has 0 aromatic heterocycles. The molecule has 218 valence electrons. The molecule has 0 amide bonds. The van der Waals surface area contributed by atoms with E-state index in [1.807, 2.05) is 19.1 Å². The summed E-state index contributed by atoms with van der Waals surface area (Å²) >= 11 is 0. The van der Waals surface area contributed by atoms with Gasteiger partial charge in [0.1, 0.15) is 0 Å². The number of fused-ring (bicyclic) bond motifs is 5. The summed E-state index contributed by atoms with van der Waals surface area (Å²) in [5.41, 5.74) is 1.25. The standard InChI is InChI=1S/C34H52O4S/c1-6-34(35)18-17-32(4)25(20-34)11-14-27-29(32)15-16-33(5)30(19-28(31(27)33)24-9-10-24)23(3)21-38-39(36,37)26-12-7-22(2)8-13-26/h7-8,12-13,23-25,27-31,35H,6,9-11,14-21H2,1-5H3/t23-,25-,27+,28-,29-,30+,31+,32-,33+,34-/m0/s1. The summed E-state index contributed by atoms with van der Waals surface area (Å²) in [4.78, 5) is 0.264. The number of benzene rings is 1. The van der Waals surface area contributed by atoms with E-state index in [9.17, 15) is 13.5 Å². The van der Waals surface area contributed by atoms with Crippen molar-refractivity contribution in [1.82, 2.24) is 0 Å². The Balaban J connectivity index is 1.21. The Bertz CT molecular complexity index is 1160. The van der Waals surface area contributed by atoms with Gasteiger partial charge in [0, 0.05) is 0 Å². The van der Waals surface area contributed by atoms with Crippen LogP contribution in [0.4, 0.5) is 0 Å². The third-order valence-electron chi connectivity index (χ3n) is 13.3. The molecule has 0 radical (unpaired) electrons. The molecular weight excluding hydrogens is 504 g/mol. The first-order valence-corrected chi connectivity index (χ1v) is 17.5. The summed E-state index contributed by atoms with van der Waals surface area (Å²) in [5.74, 6) is 5.41. The Morgan fingerprint density at radius 2 is 1.69 bits per heavy atom. The van der Waals surface area contributed by atoms with Gasteiger partial charge in [-0.25, -0.2) is 0 Å². The minimum Gasteiger partial charge on any atom is -0.390 e. The highest BCUT2D eigenvalue weighted by Crippen LogP contribution is 2.72. The lowest BCUT2D eigenvalue weighted by atomic mass is 9.43. The van der Waals surface area contributed by atoms with E-state index in [4.69, 9.17) is 4.18 Å². The van der Waals surface area contributed by atoms with Gasteiger partial charge in [0.15, 0.2) is 0 Å². The number of hydrogen-bond donors (Lipinski definition) is 1. The minimum atomic E-state index is -3.74. The first kappa shape index (κ1) is 28.2. The zero-order chi connectivity index (χ0) is 27.8. The lowest BCUT2D eigenvalue weighted by Crippen LogP contribution is -2.56. The molecular formula is C34H52O4S. The van der Waals surface area contributed by atoms with Gasteiger partial charge in [-0.1, -0.05) is 45.4 Å². The largest absolute Gasteiger partial charge is 0.390 e. The monoisotopic (exact) mass is 556 g/mol. The fourth-order valence-corrected chi connectivity index (χ4v) is 11.8. The Labute approximate surface area is 237 Å². The van der Waals surface area contributed by atoms with Crippen molar-refractivity contribution in [2.75, 3.05) is 6.61 Å². The molecule has 0 heterocycles. The Morgan fingerprint density at radius 1 is 0.974 bits per heavy atom. The van der Waals surface area contributed by atoms with Gasteiger partial charge in [0.05, 0.1) is 17.1 Å². The van der Waals surface area contributed by atoms with Crippen LogP contribution in [0.1, 0.15) is 104 Å². The molecule has 5 aliphatic carbocycles. The molecule has 5 fully saturated rings. The third-order valence-corrected chi connectivity index (χ3v) is 14.6. The smallest absolute Gasteiger partial charge is 0.296 e. The second-order valence-electron chi connectivity index (χ2n) is 15.3. The summed E-state index contributed by atoms with van der Waals surface area (Å²) in [5, 5.41) is 11.2. The van der Waals surface area contributed by atoms with Crippen LogP contribution in [0, 0.1) is 65.1 Å². The van der Waals surface area contributed by atoms with Crippen molar-refractivity contribution < 1.29 is 17.7 Å². The van der Waals surface area contributed by atoms with Crippen molar-refractivity contribution in [3.63, 3.8) is 0 Å². The van der Waals surface area contributed by atoms with Crippen LogP contribution in [0.5, 0.6) is 0 Å². The van der Waals surface area contributed by atoms with Gasteiger partial charge in [-0.3, -0.25) is 4.18 Å². The maximum atomic E-state index is 13.0. The van der Waals surface area contributed by atoms with Gasteiger partial charge in [-0.15, -0.1) is 0 Å². The van der Waals surface area contributed by atoms with Crippen LogP contribution in [0.15, 0.2) is 29.2 Å². The average Bonchev–Trinajstić information content (AvgIpc) is 3.70. The summed E-state index contributed by atoms with van der Waals surface area (Å²) in [6.45, 7) is 11.8. The molecule has 5 heteroatoms. The highest BCUT2D eigenvalue weighted by atomic mass is 32.2. The minimum absolute atomic E-state index is 0.221. The van der Waals surface area contributed by atoms with Gasteiger partial charge < -0.3 is 5.11 Å². The third kappa shape index (κ3) is 4.75. The van der Waals surface area contributed by atoms with Crippen LogP contribution < -0.4 is 0 Å². The zero-order valence-electron chi connectivity index (χ0n) is 25.0. The molecule has 6 rings (SSSR count). The number of rotatable bonds is 7. The predicted molar refractivity (Wildman–Crippen MR) is 156 cm³/mol. The van der Waals surface area contributed by atoms with Crippen molar-refractivity contribution in [1.29, 1.82) is 0 Å². The maximum absolute atomic E-state index is 13.0. The van der Waals surface area contributed by atoms with Gasteiger partial charge >= 0.3 is 0 Å². The van der Waals surface area contributed by atoms with Crippen molar-refractivity contribution in [2.45, 2.75) is 116 Å². The van der Waals surface area contributed by atoms with Gasteiger partial charge in [0.2, 0.25) is 0 Å². The molecule has 1 aromatic carbocycles. The van der Waals surface area contributed by atoms with Crippen LogP contribution in [-0.2, 0) is 14.3 Å². The van der Waals surface area contributed by atoms with E-state index in [1.54, 1.807) is 12.1 Å². The first-order chi connectivity index (χ1) is 18.4. The summed E-state index contributed by atoms with van der Waals surface area (Å²) in [6.07, 6.45) is 13.2. The fraction of sp³-hybridized carbons (Fsp3) is 0.824. The molecule has 5 aliphatic rings. The molecule has 1 N–H and O–H groups in total. The predicted octanol–water partition coefficient (Wildman–Crippen LogP) is 7.77. The number of hydrogen-bond acceptors (Lipinski definition) is 4. The normalized spacial score (nSPS) is 44.8. The van der Waals surface area contributed by atoms with Gasteiger partial charge in [-0.2, -0.15) is 8.42 Å². The van der Waals surface area contributed by atoms with E-state index < -0.39 is 15.7 Å². The van der Waals surface area contributed by atoms with E-state index in [0.717, 1.165) is 54.4 Å². The number of aliphatic hydroxyl groups is 1. The highest BCUT2D eigenvalue weighted by Gasteiger charge is 2.65. The SMILES string of the molecule is CC[C@]1(O)CC[C@@]2(C)[C@@H](CC[C@H]3[C@@H]4[C@H](C5CC5)C[C@H]([C@@H](C)COS(=O)(=O)c5ccc(C)cc5)[C@@]4(C)CC[C@@H]32)C1. The van der Waals surface area contributed by atoms with Crippen LogP contribution in [0.2, 0.25) is 0 Å². The lowest BCUT2D eigenvalue weighted by Gasteiger charge is -2.63. The second-order valence-corrected chi connectivity index (χ2v) is 16.9. The lowest BCUT2D eigenvalue weighted by molar-refractivity contribution is -0.158. The summed E-state index contributed by atoms with van der Waals surface area (Å²) < 4.78 is 31.7. The fourth-order valence-electron chi connectivity index (χ4n) is 10.8. The topological polar surface area (TPSA) is 63.6 Å². The number of aryl methyl sites for hydroxylation is 1. The molecule has 10 atom stereocenters. The van der Waals surface area contributed by atoms with Crippen LogP contribution in [-0.4, -0.2) is 25.7 Å². The molecule has 0 saturated heterocycles. The van der Waals surface area contributed by atoms with E-state index in [2.05, 4.69) is 27.7 Å². The van der Waals surface area contributed by atoms with Crippen molar-refractivity contribution >= 4 is 10.1 Å². The van der Waals surface area contributed by atoms with Crippen molar-refractivity contribution in [3.05, 3.63) is 29.8 Å². The summed E-state index contributed by atoms with van der Waals surface area (Å²) in [7, 11) is -3.74. The zero-order valence-corrected chi connectivity index (χ0v) is 25.8. The molecule has 39 heavy (non-hydrogen) atoms. The molecule has 0 aliphatic heterocycles. The highest BCUT2D eigenvalue weighted by molar-refractivity contribution is 7.86. The van der Waals surface area contributed by atoms with Crippen molar-refractivity contribution in [3.8, 4) is 0 Å². The Hall–Kier alpha value is -0.910. The van der Waals surface area contributed by atoms with Gasteiger partial charge in [-0.05, 0) is 148 Å². The van der Waals surface area contributed by atoms with E-state index in [0.29, 0.717) is 17.3 Å². The quantitative estimate of drug-likeness (QED) is 0.348. The van der Waals surface area contributed by atoms with Crippen molar-refractivity contribution in [2.24, 2.45) is 58.2 Å². The van der Waals surface area contributed by atoms with Crippen LogP contribution in [0.25, 0.3) is 0 Å².